The van der Waals surface area contributed by atoms with Gasteiger partial charge in [0.15, 0.2) is 0 Å². The van der Waals surface area contributed by atoms with E-state index in [1.165, 1.54) is 73.7 Å². The van der Waals surface area contributed by atoms with E-state index in [0.29, 0.717) is 0 Å². The third-order valence-corrected chi connectivity index (χ3v) is 5.14. The molecule has 0 nitrogen and oxygen atoms in total. The maximum atomic E-state index is 3.26. The van der Waals surface area contributed by atoms with Crippen LogP contribution in [0.1, 0.15) is 105 Å². The second-order valence-corrected chi connectivity index (χ2v) is 8.23. The van der Waals surface area contributed by atoms with Crippen molar-refractivity contribution >= 4 is 0 Å². The summed E-state index contributed by atoms with van der Waals surface area (Å²) < 4.78 is 0. The first kappa shape index (κ1) is 42.6. The van der Waals surface area contributed by atoms with Gasteiger partial charge in [-0.1, -0.05) is 79.1 Å². The van der Waals surface area contributed by atoms with Crippen LogP contribution in [-0.4, -0.2) is 0 Å². The summed E-state index contributed by atoms with van der Waals surface area (Å²) in [6.07, 6.45) is 44.3. The van der Waals surface area contributed by atoms with Crippen LogP contribution in [0.2, 0.25) is 0 Å². The van der Waals surface area contributed by atoms with Crippen molar-refractivity contribution < 1.29 is 61.8 Å². The molecule has 0 atom stereocenters. The molecule has 0 aromatic heterocycles. The Kier molecular flexibility index (Phi) is 36.4. The predicted octanol–water partition coefficient (Wildman–Crippen LogP) is 3.91. The fourth-order valence-electron chi connectivity index (χ4n) is 3.56. The van der Waals surface area contributed by atoms with Crippen molar-refractivity contribution in [3.63, 3.8) is 0 Å². The predicted molar refractivity (Wildman–Crippen MR) is 142 cm³/mol. The third-order valence-electron chi connectivity index (χ3n) is 5.14. The summed E-state index contributed by atoms with van der Waals surface area (Å²) in [7, 11) is 0. The van der Waals surface area contributed by atoms with Gasteiger partial charge in [-0.25, -0.2) is 46.6 Å². The van der Waals surface area contributed by atoms with Crippen LogP contribution < -0.4 is 9.41 Å². The fraction of sp³-hybridized carbons (Fsp3) is 0.500. The number of allylic oxidation sites excluding steroid dienone is 16. The van der Waals surface area contributed by atoms with Crippen LogP contribution in [0.25, 0.3) is 0 Å². The summed E-state index contributed by atoms with van der Waals surface area (Å²) in [4.78, 5) is 0. The fourth-order valence-corrected chi connectivity index (χ4v) is 3.56. The number of hydrogen-bond donors (Lipinski definition) is 0. The Morgan fingerprint density at radius 1 is 0.444 bits per heavy atom. The average Bonchev–Trinajstić information content (AvgIpc) is 3.60. The van der Waals surface area contributed by atoms with E-state index in [2.05, 4.69) is 101 Å². The molecule has 4 heteroatoms. The summed E-state index contributed by atoms with van der Waals surface area (Å²) >= 11 is 0. The van der Waals surface area contributed by atoms with Gasteiger partial charge in [0.2, 0.25) is 0 Å². The SMILES string of the molecule is CCCC1=[C-]CC=C1.CCCC1=[C-]CC=C1.CCCC1=[C-]CC=C1.CCCC1=[C-]CC=C1.[F-].[F-].[Zr+2].[Zr+2]. The topological polar surface area (TPSA) is 0 Å². The summed E-state index contributed by atoms with van der Waals surface area (Å²) in [6, 6.07) is 0. The smallest absolute Gasteiger partial charge is 1.00 e. The molecule has 0 aromatic carbocycles. The molecule has 0 saturated heterocycles. The quantitative estimate of drug-likeness (QED) is 0.351. The van der Waals surface area contributed by atoms with Crippen molar-refractivity contribution in [3.05, 3.63) is 95.2 Å². The Morgan fingerprint density at radius 3 is 0.750 bits per heavy atom. The Labute approximate surface area is 259 Å². The second kappa shape index (κ2) is 30.8. The molecule has 0 bridgehead atoms. The number of halogens is 2. The van der Waals surface area contributed by atoms with Crippen molar-refractivity contribution in [2.75, 3.05) is 0 Å². The van der Waals surface area contributed by atoms with Gasteiger partial charge in [-0.2, -0.15) is 24.3 Å². The van der Waals surface area contributed by atoms with Crippen molar-refractivity contribution in [3.8, 4) is 0 Å². The minimum Gasteiger partial charge on any atom is -1.00 e. The van der Waals surface area contributed by atoms with E-state index in [0.717, 1.165) is 25.7 Å². The third kappa shape index (κ3) is 22.7. The summed E-state index contributed by atoms with van der Waals surface area (Å²) in [5.41, 5.74) is 5.58. The molecule has 0 spiro atoms. The molecule has 36 heavy (non-hydrogen) atoms. The van der Waals surface area contributed by atoms with E-state index in [4.69, 9.17) is 0 Å². The van der Waals surface area contributed by atoms with Gasteiger partial charge < -0.3 is 9.41 Å². The zero-order chi connectivity index (χ0) is 23.3. The largest absolute Gasteiger partial charge is 2.00 e. The van der Waals surface area contributed by atoms with Crippen molar-refractivity contribution in [1.82, 2.24) is 0 Å². The Hall–Kier alpha value is -0.454. The van der Waals surface area contributed by atoms with Gasteiger partial charge in [-0.05, 0) is 0 Å². The minimum absolute atomic E-state index is 0. The van der Waals surface area contributed by atoms with Crippen molar-refractivity contribution in [2.45, 2.75) is 105 Å². The first-order valence-corrected chi connectivity index (χ1v) is 12.8. The van der Waals surface area contributed by atoms with Gasteiger partial charge in [0.25, 0.3) is 0 Å². The van der Waals surface area contributed by atoms with Crippen LogP contribution in [0.3, 0.4) is 0 Å². The van der Waals surface area contributed by atoms with Crippen LogP contribution in [0.15, 0.2) is 70.9 Å². The Bertz CT molecular complexity index is 622. The van der Waals surface area contributed by atoms with Crippen LogP contribution in [0, 0.1) is 24.3 Å². The Morgan fingerprint density at radius 2 is 0.639 bits per heavy atom. The van der Waals surface area contributed by atoms with Crippen LogP contribution >= 0.6 is 0 Å². The summed E-state index contributed by atoms with van der Waals surface area (Å²) in [5, 5.41) is 0. The Balaban J connectivity index is -0.000000183. The molecule has 0 heterocycles. The summed E-state index contributed by atoms with van der Waals surface area (Å²) in [5.74, 6) is 0. The normalized spacial score (nSPS) is 15.0. The molecule has 4 aliphatic carbocycles. The van der Waals surface area contributed by atoms with E-state index in [1.807, 2.05) is 0 Å². The van der Waals surface area contributed by atoms with E-state index in [-0.39, 0.29) is 61.8 Å². The molecule has 0 radical (unpaired) electrons. The molecular formula is C32H44F2Zr2-2. The van der Waals surface area contributed by atoms with E-state index < -0.39 is 0 Å². The zero-order valence-electron chi connectivity index (χ0n) is 22.9. The van der Waals surface area contributed by atoms with Crippen LogP contribution in [0.4, 0.5) is 0 Å². The van der Waals surface area contributed by atoms with Gasteiger partial charge in [-0.3, -0.25) is 24.3 Å². The summed E-state index contributed by atoms with van der Waals surface area (Å²) in [6.45, 7) is 8.78. The van der Waals surface area contributed by atoms with Gasteiger partial charge in [0, 0.05) is 0 Å². The first-order chi connectivity index (χ1) is 15.7. The van der Waals surface area contributed by atoms with Gasteiger partial charge in [-0.15, -0.1) is 25.7 Å². The molecule has 196 valence electrons. The molecule has 0 aromatic rings. The average molecular weight is 649 g/mol. The standard InChI is InChI=1S/4C8H11.2FH.2Zr/c4*1-2-5-8-6-3-4-7-8;;;;/h4*3,6H,2,4-5H2,1H3;2*1H;;/q4*-1;;;2*+2/p-2. The van der Waals surface area contributed by atoms with Crippen molar-refractivity contribution in [1.29, 1.82) is 0 Å². The molecule has 0 fully saturated rings. The van der Waals surface area contributed by atoms with E-state index >= 15 is 0 Å². The number of hydrogen-bond acceptors (Lipinski definition) is 0. The minimum atomic E-state index is 0. The molecule has 0 amide bonds. The second-order valence-electron chi connectivity index (χ2n) is 8.23. The van der Waals surface area contributed by atoms with E-state index in [1.54, 1.807) is 0 Å². The molecule has 0 unspecified atom stereocenters. The van der Waals surface area contributed by atoms with E-state index in [9.17, 15) is 0 Å². The molecule has 4 rings (SSSR count). The van der Waals surface area contributed by atoms with Crippen molar-refractivity contribution in [2.24, 2.45) is 0 Å². The first-order valence-electron chi connectivity index (χ1n) is 12.8. The molecule has 0 aliphatic heterocycles. The molecular weight excluding hydrogens is 605 g/mol. The van der Waals surface area contributed by atoms with Gasteiger partial charge in [0.1, 0.15) is 0 Å². The van der Waals surface area contributed by atoms with Crippen LogP contribution in [0.5, 0.6) is 0 Å². The maximum Gasteiger partial charge on any atom is 2.00 e. The number of rotatable bonds is 8. The van der Waals surface area contributed by atoms with Gasteiger partial charge in [0.05, 0.1) is 0 Å². The van der Waals surface area contributed by atoms with Gasteiger partial charge >= 0.3 is 52.4 Å². The molecule has 0 saturated carbocycles. The molecule has 0 N–H and O–H groups in total. The van der Waals surface area contributed by atoms with Crippen LogP contribution in [-0.2, 0) is 52.4 Å². The monoisotopic (exact) mass is 646 g/mol. The maximum absolute atomic E-state index is 3.26. The zero-order valence-corrected chi connectivity index (χ0v) is 27.8. The molecule has 4 aliphatic rings.